The Balaban J connectivity index is 4.01. The van der Waals surface area contributed by atoms with Gasteiger partial charge in [-0.1, -0.05) is 19.8 Å². The molecular formula is C14H33N3O. The van der Waals surface area contributed by atoms with Crippen molar-refractivity contribution >= 4 is 0 Å². The molecule has 0 aliphatic rings. The van der Waals surface area contributed by atoms with Gasteiger partial charge in [0.05, 0.1) is 6.10 Å². The molecule has 0 amide bonds. The molecule has 0 aromatic heterocycles. The van der Waals surface area contributed by atoms with E-state index in [-0.39, 0.29) is 6.10 Å². The summed E-state index contributed by atoms with van der Waals surface area (Å²) in [6, 6.07) is 0. The molecule has 0 rings (SSSR count). The monoisotopic (exact) mass is 259 g/mol. The molecule has 0 aromatic rings. The Morgan fingerprint density at radius 1 is 0.889 bits per heavy atom. The Kier molecular flexibility index (Phi) is 10.6. The maximum Gasteiger partial charge on any atom is 0.0667 e. The first kappa shape index (κ1) is 17.8. The van der Waals surface area contributed by atoms with E-state index in [0.717, 1.165) is 52.0 Å². The summed E-state index contributed by atoms with van der Waals surface area (Å²) in [5, 5.41) is 10.0. The minimum Gasteiger partial charge on any atom is -0.392 e. The van der Waals surface area contributed by atoms with Crippen LogP contribution in [0.3, 0.4) is 0 Å². The van der Waals surface area contributed by atoms with Crippen LogP contribution in [-0.2, 0) is 0 Å². The second kappa shape index (κ2) is 10.7. The van der Waals surface area contributed by atoms with Gasteiger partial charge in [-0.05, 0) is 34.6 Å². The Bertz CT molecular complexity index is 174. The van der Waals surface area contributed by atoms with Crippen LogP contribution in [0.2, 0.25) is 0 Å². The molecule has 0 saturated carbocycles. The summed E-state index contributed by atoms with van der Waals surface area (Å²) < 4.78 is 0. The molecule has 0 radical (unpaired) electrons. The van der Waals surface area contributed by atoms with Crippen molar-refractivity contribution in [3.63, 3.8) is 0 Å². The van der Waals surface area contributed by atoms with E-state index < -0.39 is 0 Å². The molecule has 0 saturated heterocycles. The van der Waals surface area contributed by atoms with Crippen LogP contribution in [0, 0.1) is 0 Å². The zero-order valence-corrected chi connectivity index (χ0v) is 13.0. The predicted molar refractivity (Wildman–Crippen MR) is 79.1 cm³/mol. The lowest BCUT2D eigenvalue weighted by Gasteiger charge is -2.27. The van der Waals surface area contributed by atoms with Gasteiger partial charge >= 0.3 is 0 Å². The van der Waals surface area contributed by atoms with Crippen molar-refractivity contribution in [2.45, 2.75) is 32.3 Å². The molecule has 4 nitrogen and oxygen atoms in total. The summed E-state index contributed by atoms with van der Waals surface area (Å²) >= 11 is 0. The first-order chi connectivity index (χ1) is 8.45. The van der Waals surface area contributed by atoms with Gasteiger partial charge in [-0.3, -0.25) is 4.90 Å². The van der Waals surface area contributed by atoms with Gasteiger partial charge in [0.25, 0.3) is 0 Å². The van der Waals surface area contributed by atoms with E-state index in [4.69, 9.17) is 0 Å². The third kappa shape index (κ3) is 11.0. The normalized spacial score (nSPS) is 13.8. The minimum absolute atomic E-state index is 0.172. The number of aliphatic hydroxyl groups is 1. The predicted octanol–water partition coefficient (Wildman–Crippen LogP) is 0.963. The highest BCUT2D eigenvalue weighted by atomic mass is 16.3. The van der Waals surface area contributed by atoms with Crippen LogP contribution in [0.25, 0.3) is 0 Å². The van der Waals surface area contributed by atoms with E-state index in [1.165, 1.54) is 0 Å². The summed E-state index contributed by atoms with van der Waals surface area (Å²) in [5.74, 6) is 0. The van der Waals surface area contributed by atoms with E-state index >= 15 is 0 Å². The smallest absolute Gasteiger partial charge is 0.0667 e. The lowest BCUT2D eigenvalue weighted by atomic mass is 10.1. The van der Waals surface area contributed by atoms with Crippen LogP contribution in [0.4, 0.5) is 0 Å². The highest BCUT2D eigenvalue weighted by Gasteiger charge is 2.11. The van der Waals surface area contributed by atoms with Gasteiger partial charge in [-0.15, -0.1) is 0 Å². The van der Waals surface area contributed by atoms with Crippen LogP contribution >= 0.6 is 0 Å². The van der Waals surface area contributed by atoms with Gasteiger partial charge in [0.1, 0.15) is 0 Å². The third-order valence-electron chi connectivity index (χ3n) is 3.09. The zero-order valence-electron chi connectivity index (χ0n) is 13.0. The number of unbranched alkanes of at least 4 members (excludes halogenated alkanes) is 1. The van der Waals surface area contributed by atoms with Gasteiger partial charge in [0.15, 0.2) is 0 Å². The second-order valence-corrected chi connectivity index (χ2v) is 5.70. The Morgan fingerprint density at radius 3 is 1.78 bits per heavy atom. The molecule has 1 unspecified atom stereocenters. The maximum absolute atomic E-state index is 10.0. The molecule has 18 heavy (non-hydrogen) atoms. The average Bonchev–Trinajstić information content (AvgIpc) is 2.29. The van der Waals surface area contributed by atoms with Gasteiger partial charge < -0.3 is 14.9 Å². The Morgan fingerprint density at radius 2 is 1.39 bits per heavy atom. The summed E-state index contributed by atoms with van der Waals surface area (Å²) in [4.78, 5) is 6.77. The lowest BCUT2D eigenvalue weighted by molar-refractivity contribution is 0.0954. The van der Waals surface area contributed by atoms with Crippen LogP contribution in [0.5, 0.6) is 0 Å². The van der Waals surface area contributed by atoms with Crippen LogP contribution in [-0.4, -0.2) is 86.8 Å². The maximum atomic E-state index is 10.0. The molecule has 1 atom stereocenters. The van der Waals surface area contributed by atoms with Crippen molar-refractivity contribution in [2.24, 2.45) is 0 Å². The van der Waals surface area contributed by atoms with Crippen molar-refractivity contribution in [1.29, 1.82) is 0 Å². The summed E-state index contributed by atoms with van der Waals surface area (Å²) in [6.45, 7) is 7.14. The molecule has 0 fully saturated rings. The average molecular weight is 259 g/mol. The van der Waals surface area contributed by atoms with E-state index in [1.807, 2.05) is 0 Å². The van der Waals surface area contributed by atoms with Crippen LogP contribution in [0.15, 0.2) is 0 Å². The van der Waals surface area contributed by atoms with Crippen molar-refractivity contribution < 1.29 is 5.11 Å². The summed E-state index contributed by atoms with van der Waals surface area (Å²) in [6.07, 6.45) is 3.04. The number of nitrogens with zero attached hydrogens (tertiary/aromatic N) is 3. The molecule has 0 heterocycles. The highest BCUT2D eigenvalue weighted by Crippen LogP contribution is 2.03. The zero-order chi connectivity index (χ0) is 14.0. The number of aliphatic hydroxyl groups excluding tert-OH is 1. The minimum atomic E-state index is -0.172. The molecule has 1 N–H and O–H groups in total. The largest absolute Gasteiger partial charge is 0.392 e. The van der Waals surface area contributed by atoms with Crippen LogP contribution < -0.4 is 0 Å². The Labute approximate surface area is 114 Å². The first-order valence-corrected chi connectivity index (χ1v) is 7.15. The van der Waals surface area contributed by atoms with Gasteiger partial charge in [-0.25, -0.2) is 0 Å². The third-order valence-corrected chi connectivity index (χ3v) is 3.09. The molecule has 4 heteroatoms. The lowest BCUT2D eigenvalue weighted by Crippen LogP contribution is -2.40. The quantitative estimate of drug-likeness (QED) is 0.599. The topological polar surface area (TPSA) is 30.0 Å². The fourth-order valence-corrected chi connectivity index (χ4v) is 1.81. The molecule has 110 valence electrons. The van der Waals surface area contributed by atoms with Crippen LogP contribution in [0.1, 0.15) is 26.2 Å². The van der Waals surface area contributed by atoms with Crippen molar-refractivity contribution in [1.82, 2.24) is 14.7 Å². The standard InChI is InChI=1S/C14H33N3O/c1-6-7-8-14(18)13-17(11-9-15(2)3)12-10-16(4)5/h14,18H,6-13H2,1-5H3. The number of hydrogen-bond acceptors (Lipinski definition) is 4. The van der Waals surface area contributed by atoms with Crippen molar-refractivity contribution in [3.05, 3.63) is 0 Å². The van der Waals surface area contributed by atoms with Crippen molar-refractivity contribution in [3.8, 4) is 0 Å². The highest BCUT2D eigenvalue weighted by molar-refractivity contribution is 4.67. The van der Waals surface area contributed by atoms with Gasteiger partial charge in [-0.2, -0.15) is 0 Å². The van der Waals surface area contributed by atoms with E-state index in [2.05, 4.69) is 49.8 Å². The molecule has 0 aromatic carbocycles. The first-order valence-electron chi connectivity index (χ1n) is 7.15. The summed E-state index contributed by atoms with van der Waals surface area (Å²) in [5.41, 5.74) is 0. The molecule has 0 aliphatic carbocycles. The van der Waals surface area contributed by atoms with Gasteiger partial charge in [0, 0.05) is 32.7 Å². The Hall–Kier alpha value is -0.160. The SMILES string of the molecule is CCCCC(O)CN(CCN(C)C)CCN(C)C. The fraction of sp³-hybridized carbons (Fsp3) is 1.00. The molecule has 0 spiro atoms. The van der Waals surface area contributed by atoms with E-state index in [0.29, 0.717) is 0 Å². The van der Waals surface area contributed by atoms with E-state index in [9.17, 15) is 5.11 Å². The van der Waals surface area contributed by atoms with Gasteiger partial charge in [0.2, 0.25) is 0 Å². The fourth-order valence-electron chi connectivity index (χ4n) is 1.81. The number of hydrogen-bond donors (Lipinski definition) is 1. The summed E-state index contributed by atoms with van der Waals surface area (Å²) in [7, 11) is 8.38. The molecule has 0 aliphatic heterocycles. The second-order valence-electron chi connectivity index (χ2n) is 5.70. The van der Waals surface area contributed by atoms with E-state index in [1.54, 1.807) is 0 Å². The van der Waals surface area contributed by atoms with Crippen molar-refractivity contribution in [2.75, 3.05) is 60.9 Å². The molecule has 0 bridgehead atoms. The number of rotatable bonds is 11. The number of likely N-dealkylation sites (N-methyl/N-ethyl adjacent to an activating group) is 2. The molecular weight excluding hydrogens is 226 g/mol.